The number of H-pyrrole nitrogens is 2. The van der Waals surface area contributed by atoms with E-state index in [9.17, 15) is 76.1 Å². The quantitative estimate of drug-likeness (QED) is 0.0115. The van der Waals surface area contributed by atoms with Crippen LogP contribution in [-0.4, -0.2) is 258 Å². The van der Waals surface area contributed by atoms with E-state index in [4.69, 9.17) is 32.5 Å². The van der Waals surface area contributed by atoms with Gasteiger partial charge in [0.15, 0.2) is 5.96 Å². The van der Waals surface area contributed by atoms with Crippen LogP contribution < -0.4 is 75.7 Å². The van der Waals surface area contributed by atoms with Gasteiger partial charge in [-0.15, -0.1) is 0 Å². The highest BCUT2D eigenvalue weighted by Crippen LogP contribution is 2.30. The van der Waals surface area contributed by atoms with Gasteiger partial charge in [0.05, 0.1) is 19.3 Å². The van der Waals surface area contributed by atoms with Crippen LogP contribution >= 0.6 is 21.6 Å². The number of alkyl halides is 3. The number of fused-ring (bicyclic) bond motifs is 2. The molecule has 117 heavy (non-hydrogen) atoms. The molecule has 3 aliphatic heterocycles. The average molecular weight is 1680 g/mol. The summed E-state index contributed by atoms with van der Waals surface area (Å²) in [5, 5.41) is 65.3. The Bertz CT molecular complexity index is 4430. The summed E-state index contributed by atoms with van der Waals surface area (Å²) < 4.78 is 31.7. The van der Waals surface area contributed by atoms with E-state index in [1.54, 1.807) is 54.7 Å². The Hall–Kier alpha value is -12.1. The molecule has 0 spiro atoms. The highest BCUT2D eigenvalue weighted by molar-refractivity contribution is 8.76. The Morgan fingerprint density at radius 3 is 1.88 bits per heavy atom. The number of nitrogens with zero attached hydrogens (tertiary/aromatic N) is 3. The van der Waals surface area contributed by atoms with Crippen LogP contribution in [0.4, 0.5) is 13.2 Å². The predicted molar refractivity (Wildman–Crippen MR) is 416 cm³/mol. The number of carboxylic acid groups (broad SMARTS) is 3. The maximum atomic E-state index is 15.2. The van der Waals surface area contributed by atoms with Crippen molar-refractivity contribution in [2.24, 2.45) is 17.2 Å². The molecule has 0 bridgehead atoms. The van der Waals surface area contributed by atoms with E-state index >= 15 is 19.2 Å². The van der Waals surface area contributed by atoms with Crippen molar-refractivity contribution in [3.63, 3.8) is 0 Å². The number of imidazole rings is 1. The van der Waals surface area contributed by atoms with Crippen molar-refractivity contribution in [2.75, 3.05) is 44.2 Å². The van der Waals surface area contributed by atoms with Gasteiger partial charge >= 0.3 is 24.1 Å². The third kappa shape index (κ3) is 28.7. The number of likely N-dealkylation sites (tertiary alicyclic amines) is 2. The predicted octanol–water partition coefficient (Wildman–Crippen LogP) is -2.20. The number of aromatic nitrogens is 3. The largest absolute Gasteiger partial charge is 0.490 e. The molecule has 3 saturated heterocycles. The van der Waals surface area contributed by atoms with Gasteiger partial charge in [-0.2, -0.15) is 13.2 Å². The number of nitrogens with two attached hydrogens (primary N) is 3. The van der Waals surface area contributed by atoms with Crippen molar-refractivity contribution in [3.05, 3.63) is 102 Å². The van der Waals surface area contributed by atoms with E-state index < -0.39 is 199 Å². The minimum Gasteiger partial charge on any atom is -0.481 e. The topological polar surface area (TPSA) is 619 Å². The van der Waals surface area contributed by atoms with Gasteiger partial charge in [-0.3, -0.25) is 77.3 Å². The molecule has 23 N–H and O–H groups in total. The number of unbranched alkanes of at least 4 members (excludes halogenated alkanes) is 1. The molecule has 13 amide bonds. The molecule has 3 unspecified atom stereocenters. The molecular weight excluding hydrogens is 1580 g/mol. The Morgan fingerprint density at radius 2 is 1.26 bits per heavy atom. The number of carbonyl (C=O) groups is 16. The second-order valence-electron chi connectivity index (χ2n) is 27.7. The van der Waals surface area contributed by atoms with Gasteiger partial charge in [-0.05, 0) is 98.7 Å². The van der Waals surface area contributed by atoms with Crippen LogP contribution in [0, 0.1) is 5.41 Å². The SMILES string of the molecule is CC(=O)NC1CSSC[C@@H](C(=O)N2CCC[C@H]2C(=O)N2CCC[C@H]2C(=O)N[C@@H](CCCCN)C(=O)N[C@@H](CC(=O)O)C(N)=O)NC(=O)CNC(=O)[C@H](Cc2c[nH]c3ccccc23)NC(=O)[C@H](CCCNC(=N)N)NC(=O)C(Cc2ccc3ccccc3c2)NC(=O)[C@H](Cc2cnc[nH]2)NC(=O)C(CCC(=O)O)NC1=O.O=C(O)C(F)(F)F. The summed E-state index contributed by atoms with van der Waals surface area (Å²) in [7, 11) is 1.84. The first-order valence-electron chi connectivity index (χ1n) is 37.2. The Morgan fingerprint density at radius 1 is 0.658 bits per heavy atom. The number of halogens is 3. The Kier molecular flexibility index (Phi) is 35.2. The van der Waals surface area contributed by atoms with Crippen molar-refractivity contribution in [2.45, 2.75) is 176 Å². The summed E-state index contributed by atoms with van der Waals surface area (Å²) in [4.78, 5) is 232. The minimum atomic E-state index is -5.08. The summed E-state index contributed by atoms with van der Waals surface area (Å²) in [5.41, 5.74) is 18.8. The van der Waals surface area contributed by atoms with Crippen LogP contribution in [-0.2, 0) is 96.0 Å². The van der Waals surface area contributed by atoms with E-state index in [0.717, 1.165) is 39.3 Å². The van der Waals surface area contributed by atoms with Gasteiger partial charge in [0.25, 0.3) is 0 Å². The fraction of sp³-hybridized carbons (Fsp3) is 0.479. The van der Waals surface area contributed by atoms with E-state index in [1.807, 2.05) is 18.2 Å². The lowest BCUT2D eigenvalue weighted by molar-refractivity contribution is -0.192. The van der Waals surface area contributed by atoms with Crippen LogP contribution in [0.15, 0.2) is 85.5 Å². The zero-order valence-electron chi connectivity index (χ0n) is 63.4. The molecule has 0 aliphatic carbocycles. The van der Waals surface area contributed by atoms with Gasteiger partial charge in [0.1, 0.15) is 66.5 Å². The lowest BCUT2D eigenvalue weighted by Crippen LogP contribution is -2.61. The number of guanidine groups is 1. The molecule has 3 fully saturated rings. The first-order valence-corrected chi connectivity index (χ1v) is 39.7. The molecular formula is C73H95F3N20O19S2. The smallest absolute Gasteiger partial charge is 0.481 e. The van der Waals surface area contributed by atoms with Crippen LogP contribution in [0.5, 0.6) is 0 Å². The maximum Gasteiger partial charge on any atom is 0.490 e. The molecule has 634 valence electrons. The second kappa shape index (κ2) is 44.7. The maximum absolute atomic E-state index is 15.2. The zero-order valence-corrected chi connectivity index (χ0v) is 65.0. The molecule has 39 nitrogen and oxygen atoms in total. The molecule has 44 heteroatoms. The number of amides is 13. The van der Waals surface area contributed by atoms with E-state index in [0.29, 0.717) is 47.0 Å². The molecule has 2 aromatic heterocycles. The number of carbonyl (C=O) groups excluding carboxylic acids is 13. The Labute approximate surface area is 674 Å². The average Bonchev–Trinajstić information content (AvgIpc) is 1.61. The molecule has 3 aromatic carbocycles. The molecule has 3 aliphatic rings. The van der Waals surface area contributed by atoms with Gasteiger partial charge in [-0.25, -0.2) is 9.78 Å². The third-order valence-corrected chi connectivity index (χ3v) is 21.4. The number of benzene rings is 3. The first-order chi connectivity index (χ1) is 55.6. The molecule has 11 atom stereocenters. The number of para-hydroxylation sites is 1. The van der Waals surface area contributed by atoms with Gasteiger partial charge in [-0.1, -0.05) is 82.3 Å². The van der Waals surface area contributed by atoms with E-state index in [1.165, 1.54) is 22.3 Å². The summed E-state index contributed by atoms with van der Waals surface area (Å²) in [6, 6.07) is 3.45. The highest BCUT2D eigenvalue weighted by atomic mass is 33.1. The van der Waals surface area contributed by atoms with E-state index in [2.05, 4.69) is 73.4 Å². The molecule has 0 saturated carbocycles. The van der Waals surface area contributed by atoms with Crippen molar-refractivity contribution < 1.29 is 105 Å². The minimum absolute atomic E-state index is 0.000654. The van der Waals surface area contributed by atoms with Crippen molar-refractivity contribution in [1.82, 2.24) is 83.2 Å². The number of aliphatic carboxylic acids is 3. The summed E-state index contributed by atoms with van der Waals surface area (Å²) in [6.45, 7) is 0.522. The summed E-state index contributed by atoms with van der Waals surface area (Å²) in [6.07, 6.45) is -2.23. The van der Waals surface area contributed by atoms with Crippen LogP contribution in [0.2, 0.25) is 0 Å². The fourth-order valence-electron chi connectivity index (χ4n) is 13.1. The zero-order chi connectivity index (χ0) is 85.6. The van der Waals surface area contributed by atoms with Crippen LogP contribution in [0.25, 0.3) is 21.7 Å². The molecule has 0 radical (unpaired) electrons. The number of primary amides is 1. The van der Waals surface area contributed by atoms with Gasteiger partial charge in [0.2, 0.25) is 76.8 Å². The lowest BCUT2D eigenvalue weighted by atomic mass is 9.99. The molecule has 5 aromatic rings. The van der Waals surface area contributed by atoms with Crippen LogP contribution in [0.1, 0.15) is 101 Å². The monoisotopic (exact) mass is 1680 g/mol. The van der Waals surface area contributed by atoms with Crippen LogP contribution in [0.3, 0.4) is 0 Å². The Balaban J connectivity index is 0.00000258. The molecule has 5 heterocycles. The standard InChI is InChI=1S/C71H94N20O17S2.C2HF3O2/c1-38(92)81-53-35-109-110-36-54(69(107)91-26-10-18-56(91)70(108)90-25-9-17-55(90)68(106)85-46(15-6-7-23-72)62(100)86-49(60(73)98)31-59(96)97)82-57(93)34-79-61(99)51(29-42-32-78-45-14-5-4-13-44(42)45)88-63(101)47(16-8-24-77-71(74)75)83-65(103)50(28-39-19-20-40-11-2-3-12-41(40)27-39)87-66(104)52(30-43-33-76-37-80-43)89-64(102)48(84-67(53)105)21-22-58(94)95;3-2(4,5)1(6)7/h2-5,11-14,19-20,27,32-33,37,46-56,78H,6-10,15-18,21-26,28-31,34-36,72H2,1H3,(H2,73,98)(H,76,80)(H,79,99)(H,81,92)(H,82,93)(H,83,103)(H,84,105)(H,85,106)(H,86,100)(H,87,104)(H,88,101)(H,89,102)(H,94,95)(H,96,97)(H4,74,75,77);(H,6,7)/t46-,47-,48?,49-,50?,51-,52-,53?,54-,55-,56-;/m0./s1. The summed E-state index contributed by atoms with van der Waals surface area (Å²) in [5.74, 6) is -18.4. The van der Waals surface area contributed by atoms with Crippen molar-refractivity contribution in [3.8, 4) is 0 Å². The third-order valence-electron chi connectivity index (χ3n) is 19.0. The molecule has 8 rings (SSSR count). The second-order valence-corrected chi connectivity index (χ2v) is 30.3. The number of rotatable bonds is 27. The lowest BCUT2D eigenvalue weighted by Gasteiger charge is -2.33. The highest BCUT2D eigenvalue weighted by Gasteiger charge is 2.45. The van der Waals surface area contributed by atoms with Gasteiger partial charge in [0, 0.05) is 92.7 Å². The number of nitrogens with one attached hydrogen (secondary N) is 14. The number of hydrogen-bond acceptors (Lipinski definition) is 21. The summed E-state index contributed by atoms with van der Waals surface area (Å²) >= 11 is 0. The van der Waals surface area contributed by atoms with E-state index in [-0.39, 0.29) is 95.5 Å². The number of hydrogen-bond donors (Lipinski definition) is 20. The van der Waals surface area contributed by atoms with Crippen molar-refractivity contribution >= 4 is 144 Å². The van der Waals surface area contributed by atoms with Gasteiger partial charge < -0.3 is 111 Å². The normalized spacial score (nSPS) is 21.5. The number of carboxylic acids is 3. The number of aromatic amines is 2. The first kappa shape index (κ1) is 92.1. The van der Waals surface area contributed by atoms with Crippen molar-refractivity contribution in [1.29, 1.82) is 5.41 Å². The fourth-order valence-corrected chi connectivity index (χ4v) is 15.4.